The second kappa shape index (κ2) is 8.04. The highest BCUT2D eigenvalue weighted by molar-refractivity contribution is 5.85. The summed E-state index contributed by atoms with van der Waals surface area (Å²) < 4.78 is 5.39. The van der Waals surface area contributed by atoms with Gasteiger partial charge < -0.3 is 20.7 Å². The Kier molecular flexibility index (Phi) is 6.36. The molecule has 0 bridgehead atoms. The fraction of sp³-hybridized carbons (Fsp3) is 0.429. The molecule has 0 aliphatic carbocycles. The van der Waals surface area contributed by atoms with Gasteiger partial charge in [-0.1, -0.05) is 13.0 Å². The summed E-state index contributed by atoms with van der Waals surface area (Å²) in [6, 6.07) is 6.87. The average molecular weight is 279 g/mol. The summed E-state index contributed by atoms with van der Waals surface area (Å²) in [6.45, 7) is 2.40. The lowest BCUT2D eigenvalue weighted by atomic mass is 10.3. The molecule has 1 aromatic rings. The van der Waals surface area contributed by atoms with Crippen LogP contribution in [0.4, 0.5) is 5.69 Å². The first-order chi connectivity index (χ1) is 9.56. The monoisotopic (exact) mass is 279 g/mol. The number of nitrogen functional groups attached to an aromatic ring is 1. The lowest BCUT2D eigenvalue weighted by molar-refractivity contribution is -0.137. The maximum atomic E-state index is 12.0. The molecule has 1 aromatic carbocycles. The first-order valence-electron chi connectivity index (χ1n) is 6.53. The molecule has 0 saturated carbocycles. The van der Waals surface area contributed by atoms with Crippen molar-refractivity contribution in [1.29, 1.82) is 0 Å². The summed E-state index contributed by atoms with van der Waals surface area (Å²) in [5.41, 5.74) is 6.20. The molecule has 0 fully saturated rings. The number of carbonyl (C=O) groups is 2. The zero-order chi connectivity index (χ0) is 15.0. The summed E-state index contributed by atoms with van der Waals surface area (Å²) in [7, 11) is 1.54. The Labute approximate surface area is 118 Å². The van der Waals surface area contributed by atoms with Gasteiger partial charge in [0.1, 0.15) is 5.75 Å². The van der Waals surface area contributed by atoms with E-state index in [-0.39, 0.29) is 25.0 Å². The van der Waals surface area contributed by atoms with E-state index in [0.717, 1.165) is 6.42 Å². The quantitative estimate of drug-likeness (QED) is 0.717. The topological polar surface area (TPSA) is 84.7 Å². The van der Waals surface area contributed by atoms with Crippen LogP contribution in [0.2, 0.25) is 0 Å². The van der Waals surface area contributed by atoms with Gasteiger partial charge in [-0.25, -0.2) is 0 Å². The van der Waals surface area contributed by atoms with Gasteiger partial charge in [-0.3, -0.25) is 9.59 Å². The standard InChI is InChI=1S/C14H21N3O3/c1-3-7-17(9-13(18)16-2)14(19)10-20-12-6-4-5-11(15)8-12/h4-6,8H,3,7,9-10,15H2,1-2H3,(H,16,18). The van der Waals surface area contributed by atoms with Crippen LogP contribution in [0.3, 0.4) is 0 Å². The normalized spacial score (nSPS) is 9.90. The molecule has 6 nitrogen and oxygen atoms in total. The summed E-state index contributed by atoms with van der Waals surface area (Å²) >= 11 is 0. The number of nitrogens with zero attached hydrogens (tertiary/aromatic N) is 1. The molecule has 0 aromatic heterocycles. The number of carbonyl (C=O) groups excluding carboxylic acids is 2. The van der Waals surface area contributed by atoms with Crippen LogP contribution in [0.25, 0.3) is 0 Å². The van der Waals surface area contributed by atoms with Crippen molar-refractivity contribution in [3.8, 4) is 5.75 Å². The van der Waals surface area contributed by atoms with Crippen LogP contribution in [0.5, 0.6) is 5.75 Å². The second-order valence-electron chi connectivity index (χ2n) is 4.35. The zero-order valence-electron chi connectivity index (χ0n) is 11.9. The third-order valence-electron chi connectivity index (χ3n) is 2.68. The number of hydrogen-bond donors (Lipinski definition) is 2. The van der Waals surface area contributed by atoms with Crippen molar-refractivity contribution in [2.75, 3.05) is 32.5 Å². The molecule has 6 heteroatoms. The van der Waals surface area contributed by atoms with Crippen molar-refractivity contribution >= 4 is 17.5 Å². The average Bonchev–Trinajstić information content (AvgIpc) is 2.44. The first-order valence-corrected chi connectivity index (χ1v) is 6.53. The third-order valence-corrected chi connectivity index (χ3v) is 2.68. The Hall–Kier alpha value is -2.24. The number of nitrogens with one attached hydrogen (secondary N) is 1. The summed E-state index contributed by atoms with van der Waals surface area (Å²) in [5.74, 6) is 0.114. The van der Waals surface area contributed by atoms with Gasteiger partial charge in [0.15, 0.2) is 6.61 Å². The van der Waals surface area contributed by atoms with Crippen molar-refractivity contribution in [2.45, 2.75) is 13.3 Å². The van der Waals surface area contributed by atoms with Gasteiger partial charge in [0.05, 0.1) is 6.54 Å². The van der Waals surface area contributed by atoms with Crippen LogP contribution < -0.4 is 15.8 Å². The fourth-order valence-corrected chi connectivity index (χ4v) is 1.65. The van der Waals surface area contributed by atoms with E-state index < -0.39 is 0 Å². The minimum Gasteiger partial charge on any atom is -0.484 e. The third kappa shape index (κ3) is 5.17. The van der Waals surface area contributed by atoms with Crippen LogP contribution >= 0.6 is 0 Å². The Morgan fingerprint density at radius 1 is 1.40 bits per heavy atom. The van der Waals surface area contributed by atoms with Crippen molar-refractivity contribution in [3.05, 3.63) is 24.3 Å². The number of benzene rings is 1. The van der Waals surface area contributed by atoms with Crippen molar-refractivity contribution in [1.82, 2.24) is 10.2 Å². The predicted octanol–water partition coefficient (Wildman–Crippen LogP) is 0.632. The number of hydrogen-bond acceptors (Lipinski definition) is 4. The van der Waals surface area contributed by atoms with Crippen molar-refractivity contribution in [2.24, 2.45) is 0 Å². The molecule has 3 N–H and O–H groups in total. The molecule has 0 aliphatic rings. The number of rotatable bonds is 7. The summed E-state index contributed by atoms with van der Waals surface area (Å²) in [5, 5.41) is 2.50. The van der Waals surface area contributed by atoms with Gasteiger partial charge in [0.25, 0.3) is 5.91 Å². The van der Waals surface area contributed by atoms with E-state index in [1.165, 1.54) is 4.90 Å². The molecule has 0 aliphatic heterocycles. The predicted molar refractivity (Wildman–Crippen MR) is 77.3 cm³/mol. The number of amides is 2. The van der Waals surface area contributed by atoms with E-state index in [4.69, 9.17) is 10.5 Å². The van der Waals surface area contributed by atoms with E-state index in [1.807, 2.05) is 6.92 Å². The molecule has 0 saturated heterocycles. The summed E-state index contributed by atoms with van der Waals surface area (Å²) in [6.07, 6.45) is 0.779. The van der Waals surface area contributed by atoms with E-state index in [2.05, 4.69) is 5.32 Å². The van der Waals surface area contributed by atoms with Gasteiger partial charge in [-0.2, -0.15) is 0 Å². The number of ether oxygens (including phenoxy) is 1. The Morgan fingerprint density at radius 2 is 2.15 bits per heavy atom. The maximum absolute atomic E-state index is 12.0. The first kappa shape index (κ1) is 15.8. The lowest BCUT2D eigenvalue weighted by Gasteiger charge is -2.21. The molecule has 2 amide bonds. The number of nitrogens with two attached hydrogens (primary N) is 1. The fourth-order valence-electron chi connectivity index (χ4n) is 1.65. The van der Waals surface area contributed by atoms with E-state index in [0.29, 0.717) is 18.0 Å². The van der Waals surface area contributed by atoms with Crippen LogP contribution in [0, 0.1) is 0 Å². The minimum atomic E-state index is -0.224. The highest BCUT2D eigenvalue weighted by Crippen LogP contribution is 2.14. The maximum Gasteiger partial charge on any atom is 0.260 e. The molecule has 1 rings (SSSR count). The van der Waals surface area contributed by atoms with E-state index in [1.54, 1.807) is 31.3 Å². The molecule has 20 heavy (non-hydrogen) atoms. The Bertz CT molecular complexity index is 463. The Balaban J connectivity index is 2.55. The molecule has 110 valence electrons. The van der Waals surface area contributed by atoms with Crippen LogP contribution in [0.1, 0.15) is 13.3 Å². The molecule has 0 unspecified atom stereocenters. The van der Waals surface area contributed by atoms with Gasteiger partial charge in [0, 0.05) is 25.3 Å². The zero-order valence-corrected chi connectivity index (χ0v) is 11.9. The van der Waals surface area contributed by atoms with Crippen molar-refractivity contribution in [3.63, 3.8) is 0 Å². The molecular weight excluding hydrogens is 258 g/mol. The molecule has 0 spiro atoms. The SMILES string of the molecule is CCCN(CC(=O)NC)C(=O)COc1cccc(N)c1. The second-order valence-corrected chi connectivity index (χ2v) is 4.35. The van der Waals surface area contributed by atoms with E-state index in [9.17, 15) is 9.59 Å². The van der Waals surface area contributed by atoms with Gasteiger partial charge in [-0.15, -0.1) is 0 Å². The Morgan fingerprint density at radius 3 is 2.75 bits per heavy atom. The van der Waals surface area contributed by atoms with Crippen LogP contribution in [0.15, 0.2) is 24.3 Å². The number of likely N-dealkylation sites (N-methyl/N-ethyl adjacent to an activating group) is 1. The number of anilines is 1. The molecular formula is C14H21N3O3. The smallest absolute Gasteiger partial charge is 0.260 e. The minimum absolute atomic E-state index is 0.0451. The van der Waals surface area contributed by atoms with Gasteiger partial charge in [-0.05, 0) is 18.6 Å². The van der Waals surface area contributed by atoms with Crippen molar-refractivity contribution < 1.29 is 14.3 Å². The largest absolute Gasteiger partial charge is 0.484 e. The van der Waals surface area contributed by atoms with Crippen LogP contribution in [-0.4, -0.2) is 43.5 Å². The highest BCUT2D eigenvalue weighted by atomic mass is 16.5. The molecule has 0 radical (unpaired) electrons. The molecule has 0 heterocycles. The molecule has 0 atom stereocenters. The summed E-state index contributed by atoms with van der Waals surface area (Å²) in [4.78, 5) is 24.9. The van der Waals surface area contributed by atoms with Crippen LogP contribution in [-0.2, 0) is 9.59 Å². The van der Waals surface area contributed by atoms with E-state index >= 15 is 0 Å². The van der Waals surface area contributed by atoms with Gasteiger partial charge >= 0.3 is 0 Å². The van der Waals surface area contributed by atoms with Gasteiger partial charge in [0.2, 0.25) is 5.91 Å². The lowest BCUT2D eigenvalue weighted by Crippen LogP contribution is -2.42. The highest BCUT2D eigenvalue weighted by Gasteiger charge is 2.16.